The number of H-pyrrole nitrogens is 2. The number of hydrogen-bond donors (Lipinski definition) is 2. The summed E-state index contributed by atoms with van der Waals surface area (Å²) in [4.78, 5) is 27.6. The second-order valence-electron chi connectivity index (χ2n) is 7.06. The number of aromatic nitrogens is 3. The number of rotatable bonds is 3. The molecular formula is C20H12F4N4O3. The Kier molecular flexibility index (Phi) is 4.04. The lowest BCUT2D eigenvalue weighted by atomic mass is 9.95. The molecule has 0 radical (unpaired) electrons. The molecule has 0 saturated carbocycles. The van der Waals surface area contributed by atoms with Crippen LogP contribution >= 0.6 is 0 Å². The number of oxazole rings is 1. The molecule has 1 unspecified atom stereocenters. The topological polar surface area (TPSA) is 95.0 Å². The van der Waals surface area contributed by atoms with Crippen molar-refractivity contribution in [1.29, 1.82) is 0 Å². The molecular weight excluding hydrogens is 420 g/mol. The van der Waals surface area contributed by atoms with Crippen molar-refractivity contribution in [2.24, 2.45) is 0 Å². The lowest BCUT2D eigenvalue weighted by Crippen LogP contribution is -2.37. The molecule has 2 N–H and O–H groups in total. The SMILES string of the molecule is O=C1c2[nH]nc(-c3cccc4[nH]c(=O)oc34)c2C(c2ccc(F)cc2)N1CC(F)(F)F. The van der Waals surface area contributed by atoms with Crippen molar-refractivity contribution in [3.63, 3.8) is 0 Å². The second kappa shape index (κ2) is 6.56. The molecule has 0 fully saturated rings. The Hall–Kier alpha value is -3.89. The molecule has 0 bridgehead atoms. The van der Waals surface area contributed by atoms with Crippen LogP contribution in [0.2, 0.25) is 0 Å². The smallest absolute Gasteiger partial charge is 0.407 e. The first-order valence-electron chi connectivity index (χ1n) is 9.06. The zero-order chi connectivity index (χ0) is 21.9. The standard InChI is InChI=1S/C20H12F4N4O3/c21-10-6-4-9(5-7-10)16-13-14(11-2-1-3-12-17(11)31-19(30)25-12)26-27-15(13)18(29)28(16)8-20(22,23)24/h1-7,16H,8H2,(H,25,30)(H,26,27). The second-order valence-corrected chi connectivity index (χ2v) is 7.06. The van der Waals surface area contributed by atoms with Gasteiger partial charge < -0.3 is 9.32 Å². The summed E-state index contributed by atoms with van der Waals surface area (Å²) < 4.78 is 58.4. The fraction of sp³-hybridized carbons (Fsp3) is 0.150. The van der Waals surface area contributed by atoms with Crippen LogP contribution in [-0.2, 0) is 0 Å². The molecule has 31 heavy (non-hydrogen) atoms. The fourth-order valence-corrected chi connectivity index (χ4v) is 3.91. The van der Waals surface area contributed by atoms with Crippen molar-refractivity contribution in [2.45, 2.75) is 12.2 Å². The number of amides is 1. The highest BCUT2D eigenvalue weighted by Gasteiger charge is 2.46. The van der Waals surface area contributed by atoms with Gasteiger partial charge in [-0.3, -0.25) is 14.9 Å². The number of benzene rings is 2. The summed E-state index contributed by atoms with van der Waals surface area (Å²) in [5.74, 6) is -2.16. The molecule has 0 spiro atoms. The van der Waals surface area contributed by atoms with Gasteiger partial charge in [0.05, 0.1) is 11.6 Å². The molecule has 1 atom stereocenters. The monoisotopic (exact) mass is 432 g/mol. The van der Waals surface area contributed by atoms with Gasteiger partial charge in [-0.25, -0.2) is 9.18 Å². The van der Waals surface area contributed by atoms with Gasteiger partial charge in [0, 0.05) is 11.1 Å². The van der Waals surface area contributed by atoms with E-state index in [0.717, 1.165) is 12.1 Å². The van der Waals surface area contributed by atoms with Gasteiger partial charge in [0.25, 0.3) is 5.91 Å². The molecule has 7 nitrogen and oxygen atoms in total. The summed E-state index contributed by atoms with van der Waals surface area (Å²) in [7, 11) is 0. The van der Waals surface area contributed by atoms with E-state index in [2.05, 4.69) is 15.2 Å². The minimum absolute atomic E-state index is 0.108. The first-order valence-corrected chi connectivity index (χ1v) is 9.06. The summed E-state index contributed by atoms with van der Waals surface area (Å²) in [5, 5.41) is 6.66. The van der Waals surface area contributed by atoms with Gasteiger partial charge in [0.2, 0.25) is 0 Å². The summed E-state index contributed by atoms with van der Waals surface area (Å²) in [5.41, 5.74) is 1.37. The van der Waals surface area contributed by atoms with Crippen LogP contribution in [-0.4, -0.2) is 38.7 Å². The van der Waals surface area contributed by atoms with Crippen LogP contribution in [0.3, 0.4) is 0 Å². The van der Waals surface area contributed by atoms with Gasteiger partial charge in [-0.2, -0.15) is 18.3 Å². The lowest BCUT2D eigenvalue weighted by molar-refractivity contribution is -0.142. The van der Waals surface area contributed by atoms with Gasteiger partial charge in [-0.15, -0.1) is 0 Å². The minimum Gasteiger partial charge on any atom is -0.407 e. The van der Waals surface area contributed by atoms with E-state index in [1.165, 1.54) is 12.1 Å². The number of nitrogens with one attached hydrogen (secondary N) is 2. The molecule has 3 heterocycles. The van der Waals surface area contributed by atoms with E-state index in [1.54, 1.807) is 18.2 Å². The Labute approximate surface area is 170 Å². The van der Waals surface area contributed by atoms with Crippen LogP contribution in [0.1, 0.15) is 27.7 Å². The third-order valence-electron chi connectivity index (χ3n) is 5.10. The van der Waals surface area contributed by atoms with Gasteiger partial charge in [-0.1, -0.05) is 18.2 Å². The van der Waals surface area contributed by atoms with Gasteiger partial charge in [0.15, 0.2) is 5.58 Å². The quantitative estimate of drug-likeness (QED) is 0.482. The van der Waals surface area contributed by atoms with Crippen molar-refractivity contribution < 1.29 is 26.8 Å². The normalized spacial score (nSPS) is 16.3. The Morgan fingerprint density at radius 1 is 1.10 bits per heavy atom. The Balaban J connectivity index is 1.74. The lowest BCUT2D eigenvalue weighted by Gasteiger charge is -2.27. The molecule has 4 aromatic rings. The van der Waals surface area contributed by atoms with Crippen LogP contribution < -0.4 is 5.76 Å². The molecule has 1 amide bonds. The highest BCUT2D eigenvalue weighted by atomic mass is 19.4. The van der Waals surface area contributed by atoms with E-state index in [-0.39, 0.29) is 28.1 Å². The summed E-state index contributed by atoms with van der Waals surface area (Å²) in [6.45, 7) is -1.50. The number of aromatic amines is 2. The minimum atomic E-state index is -4.65. The highest BCUT2D eigenvalue weighted by molar-refractivity contribution is 6.01. The molecule has 1 aliphatic heterocycles. The van der Waals surface area contributed by atoms with Crippen LogP contribution in [0, 0.1) is 5.82 Å². The van der Waals surface area contributed by atoms with Crippen LogP contribution in [0.4, 0.5) is 17.6 Å². The Morgan fingerprint density at radius 2 is 1.84 bits per heavy atom. The van der Waals surface area contributed by atoms with E-state index < -0.39 is 36.2 Å². The van der Waals surface area contributed by atoms with Crippen molar-refractivity contribution in [3.8, 4) is 11.3 Å². The molecule has 11 heteroatoms. The zero-order valence-corrected chi connectivity index (χ0v) is 15.5. The summed E-state index contributed by atoms with van der Waals surface area (Å²) in [6, 6.07) is 8.47. The van der Waals surface area contributed by atoms with E-state index in [0.29, 0.717) is 16.0 Å². The van der Waals surface area contributed by atoms with Crippen LogP contribution in [0.15, 0.2) is 51.7 Å². The van der Waals surface area contributed by atoms with Crippen molar-refractivity contribution in [1.82, 2.24) is 20.1 Å². The number of carbonyl (C=O) groups excluding carboxylic acids is 1. The number of alkyl halides is 3. The average molecular weight is 432 g/mol. The number of fused-ring (bicyclic) bond motifs is 2. The predicted octanol–water partition coefficient (Wildman–Crippen LogP) is 3.76. The number of hydrogen-bond acceptors (Lipinski definition) is 4. The maximum absolute atomic E-state index is 13.5. The fourth-order valence-electron chi connectivity index (χ4n) is 3.91. The van der Waals surface area contributed by atoms with Crippen molar-refractivity contribution in [3.05, 3.63) is 75.7 Å². The highest BCUT2D eigenvalue weighted by Crippen LogP contribution is 2.44. The van der Waals surface area contributed by atoms with Gasteiger partial charge >= 0.3 is 11.9 Å². The number of carbonyl (C=O) groups is 1. The number of halogens is 4. The van der Waals surface area contributed by atoms with Crippen LogP contribution in [0.5, 0.6) is 0 Å². The molecule has 0 saturated heterocycles. The molecule has 2 aromatic heterocycles. The first-order chi connectivity index (χ1) is 14.7. The summed E-state index contributed by atoms with van der Waals surface area (Å²) in [6.07, 6.45) is -4.65. The van der Waals surface area contributed by atoms with E-state index in [9.17, 15) is 27.2 Å². The van der Waals surface area contributed by atoms with E-state index in [1.807, 2.05) is 0 Å². The van der Waals surface area contributed by atoms with Crippen molar-refractivity contribution >= 4 is 17.0 Å². The summed E-state index contributed by atoms with van der Waals surface area (Å²) >= 11 is 0. The molecule has 0 aliphatic carbocycles. The van der Waals surface area contributed by atoms with E-state index in [4.69, 9.17) is 4.42 Å². The largest absolute Gasteiger partial charge is 0.417 e. The van der Waals surface area contributed by atoms with Crippen molar-refractivity contribution in [2.75, 3.05) is 6.54 Å². The maximum atomic E-state index is 13.5. The third kappa shape index (κ3) is 3.09. The Bertz CT molecular complexity index is 1370. The van der Waals surface area contributed by atoms with Gasteiger partial charge in [-0.05, 0) is 29.8 Å². The molecule has 158 valence electrons. The molecule has 1 aliphatic rings. The number of nitrogens with zero attached hydrogens (tertiary/aromatic N) is 2. The maximum Gasteiger partial charge on any atom is 0.417 e. The predicted molar refractivity (Wildman–Crippen MR) is 99.8 cm³/mol. The van der Waals surface area contributed by atoms with Crippen LogP contribution in [0.25, 0.3) is 22.4 Å². The average Bonchev–Trinajstić information content (AvgIpc) is 3.36. The number of para-hydroxylation sites is 1. The van der Waals surface area contributed by atoms with Gasteiger partial charge in [0.1, 0.15) is 23.7 Å². The molecule has 2 aromatic carbocycles. The zero-order valence-electron chi connectivity index (χ0n) is 15.5. The first kappa shape index (κ1) is 19.1. The Morgan fingerprint density at radius 3 is 2.55 bits per heavy atom. The van der Waals surface area contributed by atoms with E-state index >= 15 is 0 Å². The third-order valence-corrected chi connectivity index (χ3v) is 5.10. The molecule has 5 rings (SSSR count).